The zero-order chi connectivity index (χ0) is 19.6. The average Bonchev–Trinajstić information content (AvgIpc) is 2.83. The van der Waals surface area contributed by atoms with Crippen LogP contribution in [0.4, 0.5) is 10.1 Å². The molecule has 0 saturated carbocycles. The number of nitrogens with zero attached hydrogens (tertiary/aromatic N) is 1. The number of hydrogen-bond acceptors (Lipinski definition) is 4. The zero-order valence-corrected chi connectivity index (χ0v) is 15.7. The van der Waals surface area contributed by atoms with Crippen molar-refractivity contribution in [3.05, 3.63) is 70.5 Å². The maximum absolute atomic E-state index is 13.1. The minimum atomic E-state index is -3.84. The lowest BCUT2D eigenvalue weighted by Crippen LogP contribution is -2.25. The van der Waals surface area contributed by atoms with Crippen molar-refractivity contribution in [1.29, 1.82) is 0 Å². The molecule has 0 aromatic heterocycles. The van der Waals surface area contributed by atoms with E-state index in [2.05, 4.69) is 15.0 Å². The van der Waals surface area contributed by atoms with Gasteiger partial charge in [0.2, 0.25) is 5.91 Å². The van der Waals surface area contributed by atoms with E-state index in [4.69, 9.17) is 11.6 Å². The molecular weight excluding hydrogens is 393 g/mol. The molecule has 2 aromatic rings. The predicted molar refractivity (Wildman–Crippen MR) is 103 cm³/mol. The molecule has 1 heterocycles. The lowest BCUT2D eigenvalue weighted by molar-refractivity contribution is -0.114. The number of rotatable bonds is 4. The number of carbonyl (C=O) groups is 1. The summed E-state index contributed by atoms with van der Waals surface area (Å²) in [6.07, 6.45) is 0. The molecule has 2 aromatic carbocycles. The van der Waals surface area contributed by atoms with Crippen LogP contribution in [0.5, 0.6) is 0 Å². The van der Waals surface area contributed by atoms with Crippen molar-refractivity contribution in [2.24, 2.45) is 4.99 Å². The molecule has 6 nitrogen and oxygen atoms in total. The van der Waals surface area contributed by atoms with E-state index in [1.807, 2.05) is 0 Å². The fourth-order valence-corrected chi connectivity index (χ4v) is 4.32. The number of carbonyl (C=O) groups excluding carboxylic acids is 1. The van der Waals surface area contributed by atoms with Gasteiger partial charge in [0.25, 0.3) is 10.0 Å². The Bertz CT molecular complexity index is 1060. The first-order chi connectivity index (χ1) is 12.8. The van der Waals surface area contributed by atoms with Gasteiger partial charge in [-0.3, -0.25) is 14.5 Å². The lowest BCUT2D eigenvalue weighted by Gasteiger charge is -2.04. The molecule has 0 bridgehead atoms. The second-order valence-corrected chi connectivity index (χ2v) is 7.85. The van der Waals surface area contributed by atoms with Crippen LogP contribution in [-0.4, -0.2) is 26.7 Å². The third-order valence-corrected chi connectivity index (χ3v) is 5.57. The Labute approximate surface area is 160 Å². The first-order valence-electron chi connectivity index (χ1n) is 7.86. The van der Waals surface area contributed by atoms with E-state index in [1.165, 1.54) is 24.3 Å². The first kappa shape index (κ1) is 19.1. The quantitative estimate of drug-likeness (QED) is 0.815. The number of amides is 1. The molecule has 0 radical (unpaired) electrons. The Hall–Kier alpha value is -2.71. The van der Waals surface area contributed by atoms with Crippen molar-refractivity contribution < 1.29 is 17.6 Å². The van der Waals surface area contributed by atoms with Crippen molar-refractivity contribution in [2.45, 2.75) is 6.92 Å². The predicted octanol–water partition coefficient (Wildman–Crippen LogP) is 3.18. The molecule has 0 fully saturated rings. The van der Waals surface area contributed by atoms with Crippen LogP contribution >= 0.6 is 11.6 Å². The van der Waals surface area contributed by atoms with Crippen LogP contribution in [0.15, 0.2) is 59.1 Å². The SMILES string of the molecule is CC1=C(c2ccc(F)cc2)S(=O)(=O)NC1=NCC(=O)Nc1cccc(Cl)c1. The first-order valence-corrected chi connectivity index (χ1v) is 9.72. The molecule has 0 saturated heterocycles. The van der Waals surface area contributed by atoms with Gasteiger partial charge in [0.1, 0.15) is 23.1 Å². The maximum Gasteiger partial charge on any atom is 0.264 e. The highest BCUT2D eigenvalue weighted by Gasteiger charge is 2.32. The number of hydrogen-bond donors (Lipinski definition) is 2. The van der Waals surface area contributed by atoms with Crippen LogP contribution in [0.25, 0.3) is 4.91 Å². The molecule has 27 heavy (non-hydrogen) atoms. The lowest BCUT2D eigenvalue weighted by atomic mass is 10.1. The summed E-state index contributed by atoms with van der Waals surface area (Å²) in [4.78, 5) is 16.1. The van der Waals surface area contributed by atoms with Crippen molar-refractivity contribution in [2.75, 3.05) is 11.9 Å². The number of sulfonamides is 1. The summed E-state index contributed by atoms with van der Waals surface area (Å²) in [5, 5.41) is 3.10. The Morgan fingerprint density at radius 3 is 2.59 bits per heavy atom. The molecule has 9 heteroatoms. The number of benzene rings is 2. The van der Waals surface area contributed by atoms with Crippen LogP contribution in [0, 0.1) is 5.82 Å². The Morgan fingerprint density at radius 1 is 1.22 bits per heavy atom. The molecule has 1 aliphatic rings. The minimum absolute atomic E-state index is 0.0106. The van der Waals surface area contributed by atoms with Crippen molar-refractivity contribution in [3.8, 4) is 0 Å². The summed E-state index contributed by atoms with van der Waals surface area (Å²) in [6.45, 7) is 1.29. The molecular formula is C18H15ClFN3O3S. The van der Waals surface area contributed by atoms with Gasteiger partial charge in [0.05, 0.1) is 0 Å². The summed E-state index contributed by atoms with van der Waals surface area (Å²) >= 11 is 5.86. The third kappa shape index (κ3) is 4.35. The van der Waals surface area contributed by atoms with Crippen LogP contribution in [0.1, 0.15) is 12.5 Å². The van der Waals surface area contributed by atoms with E-state index in [9.17, 15) is 17.6 Å². The molecule has 1 amide bonds. The Kier molecular flexibility index (Phi) is 5.29. The third-order valence-electron chi connectivity index (χ3n) is 3.79. The van der Waals surface area contributed by atoms with Gasteiger partial charge in [0, 0.05) is 16.3 Å². The van der Waals surface area contributed by atoms with Crippen molar-refractivity contribution >= 4 is 44.0 Å². The van der Waals surface area contributed by atoms with Gasteiger partial charge >= 0.3 is 0 Å². The van der Waals surface area contributed by atoms with E-state index < -0.39 is 21.7 Å². The largest absolute Gasteiger partial charge is 0.324 e. The fourth-order valence-electron chi connectivity index (χ4n) is 2.61. The topological polar surface area (TPSA) is 87.6 Å². The standard InChI is InChI=1S/C18H15ClFN3O3S/c1-11-17(12-5-7-14(20)8-6-12)27(25,26)23-18(11)21-10-16(24)22-15-4-2-3-13(19)9-15/h2-9H,10H2,1H3,(H,21,23)(H,22,24). The molecule has 140 valence electrons. The molecule has 0 spiro atoms. The van der Waals surface area contributed by atoms with Gasteiger partial charge < -0.3 is 5.32 Å². The highest BCUT2D eigenvalue weighted by molar-refractivity contribution is 8.00. The number of halogens is 2. The molecule has 1 aliphatic heterocycles. The number of nitrogens with one attached hydrogen (secondary N) is 2. The smallest absolute Gasteiger partial charge is 0.264 e. The molecule has 0 unspecified atom stereocenters. The number of anilines is 1. The fraction of sp³-hybridized carbons (Fsp3) is 0.111. The summed E-state index contributed by atoms with van der Waals surface area (Å²) < 4.78 is 40.2. The Balaban J connectivity index is 1.80. The number of aliphatic imine (C=N–C) groups is 1. The van der Waals surface area contributed by atoms with Crippen LogP contribution < -0.4 is 10.0 Å². The van der Waals surface area contributed by atoms with E-state index in [0.717, 1.165) is 0 Å². The van der Waals surface area contributed by atoms with Crippen molar-refractivity contribution in [3.63, 3.8) is 0 Å². The van der Waals surface area contributed by atoms with Gasteiger partial charge in [-0.25, -0.2) is 12.8 Å². The monoisotopic (exact) mass is 407 g/mol. The van der Waals surface area contributed by atoms with Gasteiger partial charge in [-0.1, -0.05) is 29.8 Å². The van der Waals surface area contributed by atoms with Gasteiger partial charge in [-0.2, -0.15) is 0 Å². The summed E-state index contributed by atoms with van der Waals surface area (Å²) in [5.41, 5.74) is 1.21. The van der Waals surface area contributed by atoms with Crippen LogP contribution in [0.3, 0.4) is 0 Å². The van der Waals surface area contributed by atoms with Gasteiger partial charge in [-0.15, -0.1) is 0 Å². The second-order valence-electron chi connectivity index (χ2n) is 5.79. The van der Waals surface area contributed by atoms with E-state index in [1.54, 1.807) is 31.2 Å². The molecule has 0 aliphatic carbocycles. The van der Waals surface area contributed by atoms with Crippen LogP contribution in [0.2, 0.25) is 5.02 Å². The maximum atomic E-state index is 13.1. The highest BCUT2D eigenvalue weighted by Crippen LogP contribution is 2.29. The van der Waals surface area contributed by atoms with Gasteiger partial charge in [-0.05, 0) is 42.8 Å². The zero-order valence-electron chi connectivity index (χ0n) is 14.2. The van der Waals surface area contributed by atoms with Gasteiger partial charge in [0.15, 0.2) is 0 Å². The summed E-state index contributed by atoms with van der Waals surface area (Å²) in [7, 11) is -3.84. The summed E-state index contributed by atoms with van der Waals surface area (Å²) in [6, 6.07) is 11.7. The van der Waals surface area contributed by atoms with E-state index >= 15 is 0 Å². The molecule has 3 rings (SSSR count). The average molecular weight is 408 g/mol. The number of amidine groups is 1. The van der Waals surface area contributed by atoms with E-state index in [-0.39, 0.29) is 17.3 Å². The van der Waals surface area contributed by atoms with Crippen LogP contribution in [-0.2, 0) is 14.8 Å². The normalized spacial score (nSPS) is 17.1. The summed E-state index contributed by atoms with van der Waals surface area (Å²) in [5.74, 6) is -0.811. The highest BCUT2D eigenvalue weighted by atomic mass is 35.5. The second kappa shape index (κ2) is 7.50. The minimum Gasteiger partial charge on any atom is -0.324 e. The molecule has 2 N–H and O–H groups in total. The van der Waals surface area contributed by atoms with Crippen molar-refractivity contribution in [1.82, 2.24) is 4.72 Å². The Morgan fingerprint density at radius 2 is 1.93 bits per heavy atom. The van der Waals surface area contributed by atoms with E-state index in [0.29, 0.717) is 21.8 Å². The molecule has 0 atom stereocenters.